The van der Waals surface area contributed by atoms with Crippen LogP contribution in [0.25, 0.3) is 5.69 Å². The first-order chi connectivity index (χ1) is 17.9. The van der Waals surface area contributed by atoms with Crippen molar-refractivity contribution in [3.8, 4) is 17.3 Å². The second-order valence-corrected chi connectivity index (χ2v) is 9.09. The number of methoxy groups -OCH3 is 1. The molecular formula is C24H28FN7O5. The summed E-state index contributed by atoms with van der Waals surface area (Å²) in [5.74, 6) is 0.207. The van der Waals surface area contributed by atoms with E-state index in [0.29, 0.717) is 31.7 Å². The minimum Gasteiger partial charge on any atom is -0.489 e. The van der Waals surface area contributed by atoms with Crippen LogP contribution in [0.2, 0.25) is 0 Å². The Kier molecular flexibility index (Phi) is 7.04. The van der Waals surface area contributed by atoms with Crippen LogP contribution in [-0.2, 0) is 9.47 Å². The Morgan fingerprint density at radius 3 is 2.62 bits per heavy atom. The number of fused-ring (bicyclic) bond motifs is 2. The summed E-state index contributed by atoms with van der Waals surface area (Å²) in [5, 5.41) is 6.96. The molecule has 5 rings (SSSR count). The Hall–Kier alpha value is -4.00. The number of piperidine rings is 1. The molecule has 2 aliphatic rings. The van der Waals surface area contributed by atoms with Crippen LogP contribution in [-0.4, -0.2) is 80.3 Å². The molecule has 196 valence electrons. The molecule has 0 radical (unpaired) electrons. The third kappa shape index (κ3) is 5.26. The zero-order valence-corrected chi connectivity index (χ0v) is 20.7. The fourth-order valence-corrected chi connectivity index (χ4v) is 4.61. The number of amides is 1. The number of carbonyl (C=O) groups excluding carboxylic acids is 1. The van der Waals surface area contributed by atoms with Crippen molar-refractivity contribution in [1.29, 1.82) is 0 Å². The molecule has 2 aliphatic heterocycles. The number of hydrogen-bond donors (Lipinski definition) is 1. The lowest BCUT2D eigenvalue weighted by Gasteiger charge is -2.47. The molecule has 2 fully saturated rings. The number of carbonyl (C=O) groups is 1. The normalized spacial score (nSPS) is 21.0. The van der Waals surface area contributed by atoms with Crippen LogP contribution < -0.4 is 14.8 Å². The molecule has 1 amide bonds. The molecule has 2 aromatic heterocycles. The Morgan fingerprint density at radius 1 is 1.19 bits per heavy atom. The van der Waals surface area contributed by atoms with Gasteiger partial charge in [0.15, 0.2) is 5.82 Å². The number of benzene rings is 1. The summed E-state index contributed by atoms with van der Waals surface area (Å²) < 4.78 is 39.2. The number of hydrogen-bond acceptors (Lipinski definition) is 10. The summed E-state index contributed by atoms with van der Waals surface area (Å²) in [6.07, 6.45) is 4.47. The zero-order chi connectivity index (χ0) is 25.9. The first-order valence-electron chi connectivity index (χ1n) is 12.0. The smallest absolute Gasteiger partial charge is 0.410 e. The number of rotatable bonds is 7. The molecule has 1 N–H and O–H groups in total. The van der Waals surface area contributed by atoms with Crippen molar-refractivity contribution in [1.82, 2.24) is 29.6 Å². The third-order valence-corrected chi connectivity index (χ3v) is 6.17. The highest BCUT2D eigenvalue weighted by Crippen LogP contribution is 2.37. The van der Waals surface area contributed by atoms with Gasteiger partial charge in [0.2, 0.25) is 5.75 Å². The maximum atomic E-state index is 14.9. The molecule has 2 bridgehead atoms. The van der Waals surface area contributed by atoms with Crippen molar-refractivity contribution >= 4 is 17.6 Å². The zero-order valence-electron chi connectivity index (χ0n) is 20.7. The topological polar surface area (TPSA) is 126 Å². The number of morpholine rings is 1. The number of anilines is 2. The van der Waals surface area contributed by atoms with E-state index in [1.165, 1.54) is 36.8 Å². The molecule has 0 saturated carbocycles. The number of aromatic nitrogens is 5. The predicted octanol–water partition coefficient (Wildman–Crippen LogP) is 3.10. The number of nitrogens with zero attached hydrogens (tertiary/aromatic N) is 6. The minimum absolute atomic E-state index is 0.174. The van der Waals surface area contributed by atoms with Gasteiger partial charge >= 0.3 is 6.09 Å². The van der Waals surface area contributed by atoms with Gasteiger partial charge in [-0.05, 0) is 26.0 Å². The summed E-state index contributed by atoms with van der Waals surface area (Å²) >= 11 is 0. The van der Waals surface area contributed by atoms with Crippen molar-refractivity contribution in [3.05, 3.63) is 43.0 Å². The van der Waals surface area contributed by atoms with Crippen LogP contribution >= 0.6 is 0 Å². The van der Waals surface area contributed by atoms with E-state index < -0.39 is 5.82 Å². The fourth-order valence-electron chi connectivity index (χ4n) is 4.61. The third-order valence-electron chi connectivity index (χ3n) is 6.17. The van der Waals surface area contributed by atoms with Gasteiger partial charge in [-0.1, -0.05) is 0 Å². The molecule has 13 heteroatoms. The second-order valence-electron chi connectivity index (χ2n) is 9.09. The lowest BCUT2D eigenvalue weighted by atomic mass is 9.92. The Bertz CT molecular complexity index is 1230. The molecule has 2 unspecified atom stereocenters. The summed E-state index contributed by atoms with van der Waals surface area (Å²) in [7, 11) is 1.47. The molecule has 3 aromatic rings. The average molecular weight is 514 g/mol. The van der Waals surface area contributed by atoms with Crippen molar-refractivity contribution in [3.63, 3.8) is 0 Å². The number of nitrogens with one attached hydrogen (secondary N) is 1. The van der Waals surface area contributed by atoms with Crippen LogP contribution in [0, 0.1) is 5.82 Å². The second kappa shape index (κ2) is 10.5. The van der Waals surface area contributed by atoms with Gasteiger partial charge < -0.3 is 24.3 Å². The monoisotopic (exact) mass is 513 g/mol. The summed E-state index contributed by atoms with van der Waals surface area (Å²) in [4.78, 5) is 26.8. The van der Waals surface area contributed by atoms with E-state index in [1.54, 1.807) is 17.0 Å². The van der Waals surface area contributed by atoms with Gasteiger partial charge in [0, 0.05) is 18.9 Å². The van der Waals surface area contributed by atoms with E-state index in [2.05, 4.69) is 25.4 Å². The van der Waals surface area contributed by atoms with Gasteiger partial charge in [-0.2, -0.15) is 10.1 Å². The lowest BCUT2D eigenvalue weighted by Crippen LogP contribution is -2.61. The largest absolute Gasteiger partial charge is 0.489 e. The predicted molar refractivity (Wildman–Crippen MR) is 129 cm³/mol. The van der Waals surface area contributed by atoms with Crippen molar-refractivity contribution < 1.29 is 28.1 Å². The van der Waals surface area contributed by atoms with Crippen molar-refractivity contribution in [2.24, 2.45) is 0 Å². The average Bonchev–Trinajstić information content (AvgIpc) is 3.39. The molecule has 12 nitrogen and oxygen atoms in total. The highest BCUT2D eigenvalue weighted by Gasteiger charge is 2.44. The molecule has 37 heavy (non-hydrogen) atoms. The summed E-state index contributed by atoms with van der Waals surface area (Å²) in [6, 6.07) is 4.26. The standard InChI is InChI=1S/C24H28FN7O5/c1-14(2)36-24(33)32-16-6-18(7-17(32)10-35-9-16)37-23-21(34-3)22(27-12-28-23)30-20-5-4-15(8-19(20)25)31-13-26-11-29-31/h4-5,8,11-14,16-18H,6-7,9-10H2,1-3H3,(H,27,28,30). The quantitative estimate of drug-likeness (QED) is 0.504. The molecule has 2 saturated heterocycles. The molecule has 2 atom stereocenters. The van der Waals surface area contributed by atoms with E-state index >= 15 is 0 Å². The van der Waals surface area contributed by atoms with E-state index in [-0.39, 0.29) is 53.5 Å². The van der Waals surface area contributed by atoms with Crippen molar-refractivity contribution in [2.45, 2.75) is 51.0 Å². The highest BCUT2D eigenvalue weighted by atomic mass is 19.1. The SMILES string of the molecule is COc1c(Nc2ccc(-n3cncn3)cc2F)ncnc1OC1CC2COCC(C1)N2C(=O)OC(C)C. The Morgan fingerprint density at radius 2 is 1.97 bits per heavy atom. The van der Waals surface area contributed by atoms with Gasteiger partial charge in [-0.3, -0.25) is 4.90 Å². The Balaban J connectivity index is 1.31. The molecule has 4 heterocycles. The molecular weight excluding hydrogens is 485 g/mol. The van der Waals surface area contributed by atoms with Crippen LogP contribution in [0.3, 0.4) is 0 Å². The first kappa shape index (κ1) is 24.7. The van der Waals surface area contributed by atoms with Gasteiger partial charge in [-0.15, -0.1) is 0 Å². The van der Waals surface area contributed by atoms with Gasteiger partial charge in [-0.25, -0.2) is 23.8 Å². The van der Waals surface area contributed by atoms with E-state index in [4.69, 9.17) is 18.9 Å². The van der Waals surface area contributed by atoms with Crippen LogP contribution in [0.1, 0.15) is 26.7 Å². The molecule has 0 spiro atoms. The van der Waals surface area contributed by atoms with Crippen LogP contribution in [0.4, 0.5) is 20.7 Å². The summed E-state index contributed by atoms with van der Waals surface area (Å²) in [5.41, 5.74) is 0.716. The maximum absolute atomic E-state index is 14.9. The van der Waals surface area contributed by atoms with Gasteiger partial charge in [0.25, 0.3) is 5.88 Å². The first-order valence-corrected chi connectivity index (χ1v) is 12.0. The maximum Gasteiger partial charge on any atom is 0.410 e. The number of halogens is 1. The van der Waals surface area contributed by atoms with Crippen LogP contribution in [0.15, 0.2) is 37.2 Å². The lowest BCUT2D eigenvalue weighted by molar-refractivity contribution is -0.0935. The fraction of sp³-hybridized carbons (Fsp3) is 0.458. The Labute approximate surface area is 212 Å². The van der Waals surface area contributed by atoms with Gasteiger partial charge in [0.05, 0.1) is 49.9 Å². The number of ether oxygens (including phenoxy) is 4. The van der Waals surface area contributed by atoms with E-state index in [1.807, 2.05) is 13.8 Å². The van der Waals surface area contributed by atoms with E-state index in [9.17, 15) is 9.18 Å². The van der Waals surface area contributed by atoms with Gasteiger partial charge in [0.1, 0.15) is 30.9 Å². The molecule has 1 aromatic carbocycles. The summed E-state index contributed by atoms with van der Waals surface area (Å²) in [6.45, 7) is 4.46. The minimum atomic E-state index is -0.510. The highest BCUT2D eigenvalue weighted by molar-refractivity contribution is 5.69. The molecule has 0 aliphatic carbocycles. The van der Waals surface area contributed by atoms with Crippen LogP contribution in [0.5, 0.6) is 11.6 Å². The van der Waals surface area contributed by atoms with Crippen molar-refractivity contribution in [2.75, 3.05) is 25.6 Å². The van der Waals surface area contributed by atoms with E-state index in [0.717, 1.165) is 0 Å².